The molecule has 9 heteroatoms. The van der Waals surface area contributed by atoms with Crippen molar-refractivity contribution in [1.29, 1.82) is 0 Å². The SMILES string of the molecule is CCNC(=NCc1cccc(Cn2cncn2)c1)N1CCC(CC(=O)NC)CC1.I. The van der Waals surface area contributed by atoms with Crippen molar-refractivity contribution in [1.82, 2.24) is 30.3 Å². The summed E-state index contributed by atoms with van der Waals surface area (Å²) in [5.41, 5.74) is 2.36. The molecule has 0 unspecified atom stereocenters. The highest BCUT2D eigenvalue weighted by Gasteiger charge is 2.23. The van der Waals surface area contributed by atoms with Gasteiger partial charge in [0.2, 0.25) is 5.91 Å². The summed E-state index contributed by atoms with van der Waals surface area (Å²) < 4.78 is 1.81. The number of guanidine groups is 1. The zero-order chi connectivity index (χ0) is 20.5. The molecule has 0 saturated carbocycles. The van der Waals surface area contributed by atoms with Crippen molar-refractivity contribution in [3.05, 3.63) is 48.0 Å². The molecular weight excluding hydrogens is 493 g/mol. The fourth-order valence-corrected chi connectivity index (χ4v) is 3.63. The van der Waals surface area contributed by atoms with E-state index in [1.165, 1.54) is 11.1 Å². The number of hydrogen-bond acceptors (Lipinski definition) is 4. The van der Waals surface area contributed by atoms with Gasteiger partial charge < -0.3 is 15.5 Å². The minimum atomic E-state index is 0. The number of piperidine rings is 1. The van der Waals surface area contributed by atoms with Crippen molar-refractivity contribution in [2.24, 2.45) is 10.9 Å². The molecule has 1 fully saturated rings. The minimum Gasteiger partial charge on any atom is -0.359 e. The van der Waals surface area contributed by atoms with Gasteiger partial charge in [0.05, 0.1) is 13.1 Å². The lowest BCUT2D eigenvalue weighted by Gasteiger charge is -2.34. The predicted octanol–water partition coefficient (Wildman–Crippen LogP) is 2.26. The first kappa shape index (κ1) is 24.1. The van der Waals surface area contributed by atoms with Crippen molar-refractivity contribution in [3.63, 3.8) is 0 Å². The van der Waals surface area contributed by atoms with Crippen molar-refractivity contribution in [2.75, 3.05) is 26.7 Å². The smallest absolute Gasteiger partial charge is 0.220 e. The zero-order valence-electron chi connectivity index (χ0n) is 17.8. The lowest BCUT2D eigenvalue weighted by molar-refractivity contribution is -0.121. The molecule has 30 heavy (non-hydrogen) atoms. The number of hydrogen-bond donors (Lipinski definition) is 2. The van der Waals surface area contributed by atoms with E-state index in [1.807, 2.05) is 4.68 Å². The van der Waals surface area contributed by atoms with Crippen LogP contribution in [0.1, 0.15) is 37.3 Å². The van der Waals surface area contributed by atoms with Crippen LogP contribution in [0, 0.1) is 5.92 Å². The van der Waals surface area contributed by atoms with Crippen LogP contribution in [0.25, 0.3) is 0 Å². The Bertz CT molecular complexity index is 801. The van der Waals surface area contributed by atoms with Gasteiger partial charge in [0, 0.05) is 33.1 Å². The molecule has 0 spiro atoms. The van der Waals surface area contributed by atoms with Gasteiger partial charge in [-0.15, -0.1) is 24.0 Å². The molecule has 1 aliphatic heterocycles. The number of nitrogens with one attached hydrogen (secondary N) is 2. The van der Waals surface area contributed by atoms with Gasteiger partial charge in [0.1, 0.15) is 12.7 Å². The Hall–Kier alpha value is -2.17. The summed E-state index contributed by atoms with van der Waals surface area (Å²) >= 11 is 0. The number of halogens is 1. The van der Waals surface area contributed by atoms with Crippen molar-refractivity contribution < 1.29 is 4.79 Å². The average molecular weight is 525 g/mol. The van der Waals surface area contributed by atoms with Crippen molar-refractivity contribution in [3.8, 4) is 0 Å². The molecule has 0 radical (unpaired) electrons. The number of carbonyl (C=O) groups is 1. The summed E-state index contributed by atoms with van der Waals surface area (Å²) in [4.78, 5) is 22.8. The summed E-state index contributed by atoms with van der Waals surface area (Å²) in [6, 6.07) is 8.43. The number of nitrogens with zero attached hydrogens (tertiary/aromatic N) is 5. The van der Waals surface area contributed by atoms with Crippen molar-refractivity contribution in [2.45, 2.75) is 39.3 Å². The molecule has 2 N–H and O–H groups in total. The van der Waals surface area contributed by atoms with E-state index < -0.39 is 0 Å². The quantitative estimate of drug-likeness (QED) is 0.329. The van der Waals surface area contributed by atoms with E-state index in [2.05, 4.69) is 56.8 Å². The van der Waals surface area contributed by atoms with E-state index in [-0.39, 0.29) is 29.9 Å². The van der Waals surface area contributed by atoms with E-state index in [0.717, 1.165) is 38.4 Å². The third-order valence-electron chi connectivity index (χ3n) is 5.22. The normalized spacial score (nSPS) is 14.9. The minimum absolute atomic E-state index is 0. The Morgan fingerprint density at radius 2 is 2.03 bits per heavy atom. The number of rotatable bonds is 7. The van der Waals surface area contributed by atoms with E-state index in [4.69, 9.17) is 4.99 Å². The van der Waals surface area contributed by atoms with Gasteiger partial charge in [0.25, 0.3) is 0 Å². The first-order chi connectivity index (χ1) is 14.2. The number of benzene rings is 1. The van der Waals surface area contributed by atoms with Crippen LogP contribution in [0.3, 0.4) is 0 Å². The Balaban J connectivity index is 0.00000320. The molecule has 0 atom stereocenters. The summed E-state index contributed by atoms with van der Waals surface area (Å²) in [6.45, 7) is 6.12. The lowest BCUT2D eigenvalue weighted by atomic mass is 9.93. The molecule has 2 heterocycles. The Morgan fingerprint density at radius 3 is 2.70 bits per heavy atom. The second-order valence-electron chi connectivity index (χ2n) is 7.39. The van der Waals surface area contributed by atoms with E-state index in [0.29, 0.717) is 25.4 Å². The molecule has 0 aliphatic carbocycles. The second kappa shape index (κ2) is 12.5. The summed E-state index contributed by atoms with van der Waals surface area (Å²) in [7, 11) is 1.70. The lowest BCUT2D eigenvalue weighted by Crippen LogP contribution is -2.46. The molecule has 2 aromatic rings. The van der Waals surface area contributed by atoms with Gasteiger partial charge in [-0.05, 0) is 36.8 Å². The van der Waals surface area contributed by atoms with E-state index in [9.17, 15) is 4.79 Å². The van der Waals surface area contributed by atoms with Crippen LogP contribution in [0.15, 0.2) is 41.9 Å². The van der Waals surface area contributed by atoms with Crippen LogP contribution in [0.5, 0.6) is 0 Å². The monoisotopic (exact) mass is 525 g/mol. The van der Waals surface area contributed by atoms with Crippen LogP contribution in [-0.2, 0) is 17.9 Å². The highest BCUT2D eigenvalue weighted by Crippen LogP contribution is 2.20. The van der Waals surface area contributed by atoms with E-state index in [1.54, 1.807) is 19.7 Å². The van der Waals surface area contributed by atoms with Crippen LogP contribution in [-0.4, -0.2) is 58.2 Å². The first-order valence-electron chi connectivity index (χ1n) is 10.3. The number of likely N-dealkylation sites (tertiary alicyclic amines) is 1. The maximum absolute atomic E-state index is 11.6. The summed E-state index contributed by atoms with van der Waals surface area (Å²) in [6.07, 6.45) is 5.93. The second-order valence-corrected chi connectivity index (χ2v) is 7.39. The van der Waals surface area contributed by atoms with Gasteiger partial charge in [-0.2, -0.15) is 5.10 Å². The van der Waals surface area contributed by atoms with Crippen LogP contribution < -0.4 is 10.6 Å². The number of amides is 1. The molecule has 0 bridgehead atoms. The van der Waals surface area contributed by atoms with Gasteiger partial charge in [0.15, 0.2) is 5.96 Å². The summed E-state index contributed by atoms with van der Waals surface area (Å²) in [5.74, 6) is 1.55. The fraction of sp³-hybridized carbons (Fsp3) is 0.524. The Labute approximate surface area is 195 Å². The molecular formula is C21H32IN7O. The Kier molecular flexibility index (Phi) is 10.0. The third-order valence-corrected chi connectivity index (χ3v) is 5.22. The number of aromatic nitrogens is 3. The maximum Gasteiger partial charge on any atom is 0.220 e. The molecule has 1 aromatic heterocycles. The average Bonchev–Trinajstić information content (AvgIpc) is 3.25. The van der Waals surface area contributed by atoms with Crippen LogP contribution in [0.4, 0.5) is 0 Å². The van der Waals surface area contributed by atoms with Gasteiger partial charge in [-0.25, -0.2) is 14.7 Å². The molecule has 1 amide bonds. The molecule has 3 rings (SSSR count). The standard InChI is InChI=1S/C21H31N7O.HI/c1-3-24-21(27-9-7-17(8-10-27)12-20(29)22-2)25-13-18-5-4-6-19(11-18)14-28-16-23-15-26-28;/h4-6,11,15-17H,3,7-10,12-14H2,1-2H3,(H,22,29)(H,24,25);1H. The van der Waals surface area contributed by atoms with Gasteiger partial charge >= 0.3 is 0 Å². The van der Waals surface area contributed by atoms with Gasteiger partial charge in [-0.1, -0.05) is 24.3 Å². The number of carbonyl (C=O) groups excluding carboxylic acids is 1. The molecule has 1 aromatic carbocycles. The van der Waals surface area contributed by atoms with Crippen LogP contribution >= 0.6 is 24.0 Å². The third kappa shape index (κ3) is 7.26. The van der Waals surface area contributed by atoms with Crippen molar-refractivity contribution >= 4 is 35.8 Å². The zero-order valence-corrected chi connectivity index (χ0v) is 20.1. The predicted molar refractivity (Wildman–Crippen MR) is 129 cm³/mol. The Morgan fingerprint density at radius 1 is 1.27 bits per heavy atom. The molecule has 8 nitrogen and oxygen atoms in total. The van der Waals surface area contributed by atoms with Gasteiger partial charge in [-0.3, -0.25) is 4.79 Å². The highest BCUT2D eigenvalue weighted by atomic mass is 127. The topological polar surface area (TPSA) is 87.4 Å². The fourth-order valence-electron chi connectivity index (χ4n) is 3.63. The van der Waals surface area contributed by atoms with E-state index >= 15 is 0 Å². The summed E-state index contributed by atoms with van der Waals surface area (Å²) in [5, 5.41) is 10.3. The molecule has 164 valence electrons. The maximum atomic E-state index is 11.6. The highest BCUT2D eigenvalue weighted by molar-refractivity contribution is 14.0. The largest absolute Gasteiger partial charge is 0.359 e. The molecule has 1 saturated heterocycles. The molecule has 1 aliphatic rings. The first-order valence-corrected chi connectivity index (χ1v) is 10.3. The number of aliphatic imine (C=N–C) groups is 1. The van der Waals surface area contributed by atoms with Crippen LogP contribution in [0.2, 0.25) is 0 Å².